The van der Waals surface area contributed by atoms with Gasteiger partial charge in [-0.3, -0.25) is 9.89 Å². The van der Waals surface area contributed by atoms with Gasteiger partial charge in [-0.25, -0.2) is 0 Å². The number of hydrogen-bond donors (Lipinski definition) is 2. The average molecular weight is 528 g/mol. The largest absolute Gasteiger partial charge is 0.497 e. The zero-order valence-corrected chi connectivity index (χ0v) is 19.4. The lowest BCUT2D eigenvalue weighted by molar-refractivity contribution is -0.132. The molecule has 29 heavy (non-hydrogen) atoms. The number of ether oxygens (including phenoxy) is 1. The summed E-state index contributed by atoms with van der Waals surface area (Å²) in [5, 5.41) is 5.82. The molecule has 1 aliphatic rings. The maximum absolute atomic E-state index is 12.4. The SMILES string of the molecule is CCNC(=NCC(c1ccc(OC)cc1)N1CCCCC1)NCCC(F)(F)F.I. The van der Waals surface area contributed by atoms with Crippen LogP contribution < -0.4 is 15.4 Å². The number of likely N-dealkylation sites (tertiary alicyclic amines) is 1. The Bertz CT molecular complexity index is 605. The Morgan fingerprint density at radius 1 is 1.14 bits per heavy atom. The molecule has 1 heterocycles. The Morgan fingerprint density at radius 2 is 1.79 bits per heavy atom. The van der Waals surface area contributed by atoms with Gasteiger partial charge in [0.05, 0.1) is 26.1 Å². The first kappa shape index (κ1) is 25.8. The molecule has 1 saturated heterocycles. The number of halogens is 4. The summed E-state index contributed by atoms with van der Waals surface area (Å²) < 4.78 is 42.5. The summed E-state index contributed by atoms with van der Waals surface area (Å²) in [4.78, 5) is 6.99. The van der Waals surface area contributed by atoms with E-state index in [0.29, 0.717) is 19.0 Å². The summed E-state index contributed by atoms with van der Waals surface area (Å²) in [6.07, 6.45) is -1.52. The Labute approximate surface area is 188 Å². The molecular weight excluding hydrogens is 496 g/mol. The van der Waals surface area contributed by atoms with Crippen molar-refractivity contribution >= 4 is 29.9 Å². The number of piperidine rings is 1. The summed E-state index contributed by atoms with van der Waals surface area (Å²) in [6, 6.07) is 8.03. The summed E-state index contributed by atoms with van der Waals surface area (Å²) >= 11 is 0. The number of alkyl halides is 3. The van der Waals surface area contributed by atoms with Gasteiger partial charge < -0.3 is 15.4 Å². The van der Waals surface area contributed by atoms with Crippen molar-refractivity contribution in [3.63, 3.8) is 0 Å². The number of guanidine groups is 1. The number of rotatable bonds is 8. The molecule has 0 aromatic heterocycles. The lowest BCUT2D eigenvalue weighted by Crippen LogP contribution is -2.40. The lowest BCUT2D eigenvalue weighted by atomic mass is 10.0. The maximum atomic E-state index is 12.4. The minimum Gasteiger partial charge on any atom is -0.497 e. The van der Waals surface area contributed by atoms with Crippen LogP contribution in [-0.2, 0) is 0 Å². The van der Waals surface area contributed by atoms with Crippen LogP contribution >= 0.6 is 24.0 Å². The lowest BCUT2D eigenvalue weighted by Gasteiger charge is -2.34. The van der Waals surface area contributed by atoms with E-state index in [1.165, 1.54) is 6.42 Å². The van der Waals surface area contributed by atoms with Gasteiger partial charge >= 0.3 is 6.18 Å². The number of hydrogen-bond acceptors (Lipinski definition) is 3. The summed E-state index contributed by atoms with van der Waals surface area (Å²) in [5.41, 5.74) is 1.14. The molecule has 5 nitrogen and oxygen atoms in total. The Hall–Kier alpha value is -1.23. The van der Waals surface area contributed by atoms with Gasteiger partial charge in [0.2, 0.25) is 0 Å². The van der Waals surface area contributed by atoms with E-state index >= 15 is 0 Å². The number of aliphatic imine (C=N–C) groups is 1. The Kier molecular flexibility index (Phi) is 11.7. The fourth-order valence-corrected chi connectivity index (χ4v) is 3.33. The minimum atomic E-state index is -4.18. The number of methoxy groups -OCH3 is 1. The second-order valence-electron chi connectivity index (χ2n) is 6.90. The second kappa shape index (κ2) is 13.1. The molecule has 0 aliphatic carbocycles. The van der Waals surface area contributed by atoms with E-state index in [2.05, 4.69) is 20.5 Å². The predicted molar refractivity (Wildman–Crippen MR) is 121 cm³/mol. The smallest absolute Gasteiger partial charge is 0.390 e. The molecule has 0 spiro atoms. The molecule has 166 valence electrons. The molecule has 2 rings (SSSR count). The normalized spacial score (nSPS) is 16.7. The van der Waals surface area contributed by atoms with Crippen LogP contribution in [0.3, 0.4) is 0 Å². The molecule has 2 N–H and O–H groups in total. The summed E-state index contributed by atoms with van der Waals surface area (Å²) in [7, 11) is 1.64. The third kappa shape index (κ3) is 9.41. The fourth-order valence-electron chi connectivity index (χ4n) is 3.33. The first-order valence-electron chi connectivity index (χ1n) is 9.90. The topological polar surface area (TPSA) is 48.9 Å². The van der Waals surface area contributed by atoms with Crippen molar-refractivity contribution in [2.24, 2.45) is 4.99 Å². The van der Waals surface area contributed by atoms with Gasteiger partial charge in [-0.2, -0.15) is 13.2 Å². The average Bonchev–Trinajstić information content (AvgIpc) is 2.68. The van der Waals surface area contributed by atoms with Crippen molar-refractivity contribution in [2.75, 3.05) is 39.8 Å². The van der Waals surface area contributed by atoms with E-state index in [0.717, 1.165) is 37.2 Å². The van der Waals surface area contributed by atoms with E-state index in [1.807, 2.05) is 31.2 Å². The first-order valence-corrected chi connectivity index (χ1v) is 9.90. The highest BCUT2D eigenvalue weighted by Crippen LogP contribution is 2.26. The van der Waals surface area contributed by atoms with E-state index in [-0.39, 0.29) is 36.6 Å². The third-order valence-electron chi connectivity index (χ3n) is 4.80. The molecule has 1 unspecified atom stereocenters. The van der Waals surface area contributed by atoms with Gasteiger partial charge in [-0.1, -0.05) is 18.6 Å². The molecule has 0 amide bonds. The Morgan fingerprint density at radius 3 is 2.34 bits per heavy atom. The van der Waals surface area contributed by atoms with Crippen molar-refractivity contribution < 1.29 is 17.9 Å². The van der Waals surface area contributed by atoms with Crippen LogP contribution in [0.25, 0.3) is 0 Å². The maximum Gasteiger partial charge on any atom is 0.390 e. The van der Waals surface area contributed by atoms with Crippen molar-refractivity contribution in [3.05, 3.63) is 29.8 Å². The van der Waals surface area contributed by atoms with Crippen molar-refractivity contribution in [3.8, 4) is 5.75 Å². The molecule has 9 heteroatoms. The zero-order valence-electron chi connectivity index (χ0n) is 17.1. The molecule has 0 radical (unpaired) electrons. The summed E-state index contributed by atoms with van der Waals surface area (Å²) in [5.74, 6) is 1.22. The van der Waals surface area contributed by atoms with Gasteiger partial charge in [0.25, 0.3) is 0 Å². The van der Waals surface area contributed by atoms with E-state index in [9.17, 15) is 13.2 Å². The van der Waals surface area contributed by atoms with Gasteiger partial charge in [0.15, 0.2) is 5.96 Å². The molecule has 1 fully saturated rings. The second-order valence-corrected chi connectivity index (χ2v) is 6.90. The van der Waals surface area contributed by atoms with E-state index < -0.39 is 12.6 Å². The van der Waals surface area contributed by atoms with Crippen molar-refractivity contribution in [1.29, 1.82) is 0 Å². The molecule has 0 bridgehead atoms. The third-order valence-corrected chi connectivity index (χ3v) is 4.80. The van der Waals surface area contributed by atoms with Crippen LogP contribution in [0.2, 0.25) is 0 Å². The van der Waals surface area contributed by atoms with Crippen LogP contribution in [0.1, 0.15) is 44.2 Å². The number of nitrogens with one attached hydrogen (secondary N) is 2. The predicted octanol–water partition coefficient (Wildman–Crippen LogP) is 4.35. The number of benzene rings is 1. The van der Waals surface area contributed by atoms with Crippen molar-refractivity contribution in [1.82, 2.24) is 15.5 Å². The Balaban J connectivity index is 0.00000420. The number of nitrogens with zero attached hydrogens (tertiary/aromatic N) is 2. The van der Waals surface area contributed by atoms with Crippen LogP contribution in [0.5, 0.6) is 5.75 Å². The molecule has 1 aliphatic heterocycles. The zero-order chi connectivity index (χ0) is 20.4. The van der Waals surface area contributed by atoms with Crippen LogP contribution in [0, 0.1) is 0 Å². The summed E-state index contributed by atoms with van der Waals surface area (Å²) in [6.45, 7) is 4.79. The van der Waals surface area contributed by atoms with Crippen LogP contribution in [0.4, 0.5) is 13.2 Å². The standard InChI is InChI=1S/C20H31F3N4O.HI/c1-3-24-19(25-12-11-20(21,22)23)26-15-18(27-13-5-4-6-14-27)16-7-9-17(28-2)10-8-16;/h7-10,18H,3-6,11-15H2,1-2H3,(H2,24,25,26);1H. The molecule has 0 saturated carbocycles. The highest BCUT2D eigenvalue weighted by Gasteiger charge is 2.26. The monoisotopic (exact) mass is 528 g/mol. The first-order chi connectivity index (χ1) is 13.4. The van der Waals surface area contributed by atoms with E-state index in [4.69, 9.17) is 4.74 Å². The fraction of sp³-hybridized carbons (Fsp3) is 0.650. The van der Waals surface area contributed by atoms with Gasteiger partial charge in [-0.15, -0.1) is 24.0 Å². The van der Waals surface area contributed by atoms with E-state index in [1.54, 1.807) is 7.11 Å². The molecule has 1 aromatic rings. The molecule has 1 atom stereocenters. The van der Waals surface area contributed by atoms with Gasteiger partial charge in [0, 0.05) is 13.1 Å². The quantitative estimate of drug-likeness (QED) is 0.300. The minimum absolute atomic E-state index is 0. The highest BCUT2D eigenvalue weighted by atomic mass is 127. The van der Waals surface area contributed by atoms with Crippen molar-refractivity contribution in [2.45, 2.75) is 44.8 Å². The molecule has 1 aromatic carbocycles. The van der Waals surface area contributed by atoms with Crippen LogP contribution in [0.15, 0.2) is 29.3 Å². The van der Waals surface area contributed by atoms with Gasteiger partial charge in [-0.05, 0) is 50.6 Å². The van der Waals surface area contributed by atoms with Gasteiger partial charge in [0.1, 0.15) is 5.75 Å². The highest BCUT2D eigenvalue weighted by molar-refractivity contribution is 14.0. The van der Waals surface area contributed by atoms with Crippen LogP contribution in [-0.4, -0.2) is 56.9 Å². The molecular formula is C20H32F3IN4O.